The first-order chi connectivity index (χ1) is 11.5. The molecule has 1 heterocycles. The zero-order chi connectivity index (χ0) is 17.2. The van der Waals surface area contributed by atoms with E-state index >= 15 is 0 Å². The average molecular weight is 352 g/mol. The fourth-order valence-electron chi connectivity index (χ4n) is 3.27. The summed E-state index contributed by atoms with van der Waals surface area (Å²) in [6, 6.07) is 6.44. The highest BCUT2D eigenvalue weighted by Crippen LogP contribution is 2.21. The van der Waals surface area contributed by atoms with Gasteiger partial charge in [0.05, 0.1) is 17.6 Å². The maximum atomic E-state index is 12.7. The van der Waals surface area contributed by atoms with Crippen molar-refractivity contribution < 1.29 is 17.9 Å². The number of nitrogens with one attached hydrogen (secondary N) is 1. The lowest BCUT2D eigenvalue weighted by atomic mass is 10.2. The van der Waals surface area contributed by atoms with Crippen molar-refractivity contribution in [3.8, 4) is 0 Å². The Morgan fingerprint density at radius 1 is 1.21 bits per heavy atom. The Hall–Kier alpha value is -1.44. The summed E-state index contributed by atoms with van der Waals surface area (Å²) in [7, 11) is -3.54. The van der Waals surface area contributed by atoms with Gasteiger partial charge in [-0.1, -0.05) is 12.8 Å². The lowest BCUT2D eigenvalue weighted by Crippen LogP contribution is -2.44. The van der Waals surface area contributed by atoms with Crippen LogP contribution in [0.1, 0.15) is 43.0 Å². The summed E-state index contributed by atoms with van der Waals surface area (Å²) in [6.45, 7) is 2.98. The van der Waals surface area contributed by atoms with Gasteiger partial charge in [-0.3, -0.25) is 4.79 Å². The molecule has 0 radical (unpaired) electrons. The highest BCUT2D eigenvalue weighted by atomic mass is 32.2. The van der Waals surface area contributed by atoms with E-state index in [9.17, 15) is 13.2 Å². The summed E-state index contributed by atoms with van der Waals surface area (Å²) in [5.41, 5.74) is 0.496. The van der Waals surface area contributed by atoms with Crippen LogP contribution in [0.15, 0.2) is 29.2 Å². The van der Waals surface area contributed by atoms with E-state index in [1.54, 1.807) is 12.1 Å². The van der Waals surface area contributed by atoms with Gasteiger partial charge in [-0.15, -0.1) is 0 Å². The Kier molecular flexibility index (Phi) is 5.22. The molecule has 6 nitrogen and oxygen atoms in total. The fourth-order valence-corrected chi connectivity index (χ4v) is 4.77. The third-order valence-corrected chi connectivity index (χ3v) is 6.53. The van der Waals surface area contributed by atoms with Gasteiger partial charge in [-0.2, -0.15) is 4.31 Å². The molecule has 1 atom stereocenters. The van der Waals surface area contributed by atoms with Crippen molar-refractivity contribution in [2.24, 2.45) is 0 Å². The van der Waals surface area contributed by atoms with Crippen LogP contribution in [0.25, 0.3) is 0 Å². The van der Waals surface area contributed by atoms with Crippen LogP contribution in [0.3, 0.4) is 0 Å². The molecular formula is C17H24N2O4S. The second kappa shape index (κ2) is 7.21. The molecule has 1 aromatic carbocycles. The van der Waals surface area contributed by atoms with Crippen molar-refractivity contribution in [1.29, 1.82) is 0 Å². The molecule has 0 aromatic heterocycles. The molecule has 1 aromatic rings. The van der Waals surface area contributed by atoms with Crippen LogP contribution in [-0.4, -0.2) is 50.5 Å². The average Bonchev–Trinajstić information content (AvgIpc) is 3.08. The molecule has 2 fully saturated rings. The molecule has 7 heteroatoms. The van der Waals surface area contributed by atoms with Crippen LogP contribution in [0.5, 0.6) is 0 Å². The smallest absolute Gasteiger partial charge is 0.251 e. The standard InChI is InChI=1S/C17H24N2O4S/c1-13-12-19(10-11-23-13)24(21,22)16-8-6-14(7-9-16)17(20)18-15-4-2-3-5-15/h6-9,13,15H,2-5,10-12H2,1H3,(H,18,20). The Morgan fingerprint density at radius 2 is 1.88 bits per heavy atom. The van der Waals surface area contributed by atoms with Crippen molar-refractivity contribution in [2.45, 2.75) is 49.6 Å². The molecule has 1 N–H and O–H groups in total. The van der Waals surface area contributed by atoms with E-state index < -0.39 is 10.0 Å². The maximum Gasteiger partial charge on any atom is 0.251 e. The predicted octanol–water partition coefficient (Wildman–Crippen LogP) is 1.77. The monoisotopic (exact) mass is 352 g/mol. The minimum absolute atomic E-state index is 0.106. The number of hydrogen-bond donors (Lipinski definition) is 1. The molecule has 1 saturated heterocycles. The zero-order valence-electron chi connectivity index (χ0n) is 13.9. The van der Waals surface area contributed by atoms with E-state index in [-0.39, 0.29) is 22.9 Å². The number of carbonyl (C=O) groups is 1. The minimum Gasteiger partial charge on any atom is -0.376 e. The number of sulfonamides is 1. The van der Waals surface area contributed by atoms with Crippen LogP contribution < -0.4 is 5.32 Å². The first-order valence-electron chi connectivity index (χ1n) is 8.49. The topological polar surface area (TPSA) is 75.7 Å². The van der Waals surface area contributed by atoms with E-state index in [1.165, 1.54) is 16.4 Å². The van der Waals surface area contributed by atoms with Crippen LogP contribution in [0.4, 0.5) is 0 Å². The second-order valence-corrected chi connectivity index (χ2v) is 8.46. The minimum atomic E-state index is -3.54. The lowest BCUT2D eigenvalue weighted by molar-refractivity contribution is 0.0102. The van der Waals surface area contributed by atoms with Gasteiger partial charge in [0, 0.05) is 24.7 Å². The summed E-state index contributed by atoms with van der Waals surface area (Å²) >= 11 is 0. The maximum absolute atomic E-state index is 12.7. The number of morpholine rings is 1. The van der Waals surface area contributed by atoms with E-state index in [1.807, 2.05) is 6.92 Å². The molecule has 2 aliphatic rings. The highest BCUT2D eigenvalue weighted by Gasteiger charge is 2.29. The summed E-state index contributed by atoms with van der Waals surface area (Å²) in [5, 5.41) is 3.01. The molecule has 1 unspecified atom stereocenters. The van der Waals surface area contributed by atoms with Crippen LogP contribution in [-0.2, 0) is 14.8 Å². The number of benzene rings is 1. The third-order valence-electron chi connectivity index (χ3n) is 4.65. The molecule has 1 amide bonds. The SMILES string of the molecule is CC1CN(S(=O)(=O)c2ccc(C(=O)NC3CCCC3)cc2)CCO1. The van der Waals surface area contributed by atoms with Crippen molar-refractivity contribution >= 4 is 15.9 Å². The molecule has 1 aliphatic heterocycles. The highest BCUT2D eigenvalue weighted by molar-refractivity contribution is 7.89. The Balaban J connectivity index is 1.70. The first kappa shape index (κ1) is 17.4. The first-order valence-corrected chi connectivity index (χ1v) is 9.93. The molecule has 1 aliphatic carbocycles. The summed E-state index contributed by atoms with van der Waals surface area (Å²) < 4.78 is 32.2. The van der Waals surface area contributed by atoms with Crippen molar-refractivity contribution in [1.82, 2.24) is 9.62 Å². The van der Waals surface area contributed by atoms with Gasteiger partial charge in [0.15, 0.2) is 0 Å². The normalized spacial score (nSPS) is 23.3. The van der Waals surface area contributed by atoms with Crippen molar-refractivity contribution in [3.05, 3.63) is 29.8 Å². The van der Waals surface area contributed by atoms with E-state index in [0.717, 1.165) is 25.7 Å². The van der Waals surface area contributed by atoms with Gasteiger partial charge < -0.3 is 10.1 Å². The Morgan fingerprint density at radius 3 is 2.50 bits per heavy atom. The number of rotatable bonds is 4. The Bertz CT molecular complexity index is 681. The number of ether oxygens (including phenoxy) is 1. The largest absolute Gasteiger partial charge is 0.376 e. The van der Waals surface area contributed by atoms with E-state index in [4.69, 9.17) is 4.74 Å². The molecule has 1 saturated carbocycles. The number of hydrogen-bond acceptors (Lipinski definition) is 4. The van der Waals surface area contributed by atoms with Crippen LogP contribution in [0.2, 0.25) is 0 Å². The van der Waals surface area contributed by atoms with Crippen LogP contribution >= 0.6 is 0 Å². The van der Waals surface area contributed by atoms with Gasteiger partial charge >= 0.3 is 0 Å². The third kappa shape index (κ3) is 3.79. The van der Waals surface area contributed by atoms with Crippen molar-refractivity contribution in [3.63, 3.8) is 0 Å². The van der Waals surface area contributed by atoms with Crippen LogP contribution in [0, 0.1) is 0 Å². The fraction of sp³-hybridized carbons (Fsp3) is 0.588. The number of nitrogens with zero attached hydrogens (tertiary/aromatic N) is 1. The predicted molar refractivity (Wildman–Crippen MR) is 90.3 cm³/mol. The van der Waals surface area contributed by atoms with E-state index in [0.29, 0.717) is 25.3 Å². The summed E-state index contributed by atoms with van der Waals surface area (Å²) in [6.07, 6.45) is 4.24. The number of carbonyl (C=O) groups excluding carboxylic acids is 1. The van der Waals surface area contributed by atoms with Gasteiger partial charge in [-0.25, -0.2) is 8.42 Å². The number of amides is 1. The summed E-state index contributed by atoms with van der Waals surface area (Å²) in [5.74, 6) is -0.133. The Labute approximate surface area is 143 Å². The zero-order valence-corrected chi connectivity index (χ0v) is 14.7. The molecule has 24 heavy (non-hydrogen) atoms. The van der Waals surface area contributed by atoms with Gasteiger partial charge in [0.1, 0.15) is 0 Å². The molecule has 0 spiro atoms. The van der Waals surface area contributed by atoms with E-state index in [2.05, 4.69) is 5.32 Å². The van der Waals surface area contributed by atoms with Gasteiger partial charge in [0.2, 0.25) is 10.0 Å². The molecule has 3 rings (SSSR count). The molecule has 132 valence electrons. The van der Waals surface area contributed by atoms with Gasteiger partial charge in [0.25, 0.3) is 5.91 Å². The van der Waals surface area contributed by atoms with Crippen molar-refractivity contribution in [2.75, 3.05) is 19.7 Å². The lowest BCUT2D eigenvalue weighted by Gasteiger charge is -2.30. The van der Waals surface area contributed by atoms with Gasteiger partial charge in [-0.05, 0) is 44.0 Å². The quantitative estimate of drug-likeness (QED) is 0.896. The summed E-state index contributed by atoms with van der Waals surface area (Å²) in [4.78, 5) is 12.4. The molecular weight excluding hydrogens is 328 g/mol. The molecule has 0 bridgehead atoms. The second-order valence-electron chi connectivity index (χ2n) is 6.52.